The van der Waals surface area contributed by atoms with Gasteiger partial charge in [0.05, 0.1) is 36.5 Å². The van der Waals surface area contributed by atoms with E-state index in [0.717, 1.165) is 55.6 Å². The van der Waals surface area contributed by atoms with E-state index in [9.17, 15) is 4.39 Å². The molecule has 8 heteroatoms. The highest BCUT2D eigenvalue weighted by Crippen LogP contribution is 2.23. The first kappa shape index (κ1) is 23.6. The van der Waals surface area contributed by atoms with Crippen molar-refractivity contribution in [2.45, 2.75) is 39.7 Å². The highest BCUT2D eigenvalue weighted by molar-refractivity contribution is 7.11. The molecule has 1 aliphatic rings. The van der Waals surface area contributed by atoms with Gasteiger partial charge < -0.3 is 15.4 Å². The smallest absolute Gasteiger partial charge is 0.191 e. The highest BCUT2D eigenvalue weighted by Gasteiger charge is 2.22. The fraction of sp³-hybridized carbons (Fsp3) is 0.565. The second-order valence-electron chi connectivity index (χ2n) is 7.58. The van der Waals surface area contributed by atoms with E-state index in [1.54, 1.807) is 11.3 Å². The number of hydrogen-bond donors (Lipinski definition) is 2. The molecule has 0 aliphatic carbocycles. The molecule has 1 aromatic heterocycles. The maximum absolute atomic E-state index is 13.4. The average Bonchev–Trinajstić information content (AvgIpc) is 3.15. The zero-order valence-electron chi connectivity index (χ0n) is 18.8. The molecule has 2 aromatic rings. The van der Waals surface area contributed by atoms with Crippen LogP contribution in [0.25, 0.3) is 0 Å². The van der Waals surface area contributed by atoms with Crippen molar-refractivity contribution < 1.29 is 9.13 Å². The Bertz CT molecular complexity index is 833. The van der Waals surface area contributed by atoms with E-state index < -0.39 is 0 Å². The van der Waals surface area contributed by atoms with Crippen LogP contribution in [0.2, 0.25) is 0 Å². The number of nitrogens with one attached hydrogen (secondary N) is 2. The first-order valence-electron chi connectivity index (χ1n) is 11.1. The molecule has 3 rings (SSSR count). The molecule has 31 heavy (non-hydrogen) atoms. The third kappa shape index (κ3) is 6.98. The number of thiazole rings is 1. The molecule has 1 aliphatic heterocycles. The van der Waals surface area contributed by atoms with Crippen molar-refractivity contribution >= 4 is 17.3 Å². The van der Waals surface area contributed by atoms with Gasteiger partial charge in [0.2, 0.25) is 0 Å². The van der Waals surface area contributed by atoms with Crippen LogP contribution in [0.4, 0.5) is 4.39 Å². The number of halogens is 1. The normalized spacial score (nSPS) is 16.3. The maximum atomic E-state index is 13.4. The lowest BCUT2D eigenvalue weighted by atomic mass is 10.0. The predicted molar refractivity (Wildman–Crippen MR) is 125 cm³/mol. The van der Waals surface area contributed by atoms with Crippen LogP contribution in [0, 0.1) is 12.7 Å². The predicted octanol–water partition coefficient (Wildman–Crippen LogP) is 3.32. The first-order valence-corrected chi connectivity index (χ1v) is 12.0. The molecular formula is C23H34FN5OS. The van der Waals surface area contributed by atoms with Gasteiger partial charge in [0, 0.05) is 37.5 Å². The van der Waals surface area contributed by atoms with Crippen LogP contribution < -0.4 is 10.6 Å². The van der Waals surface area contributed by atoms with Gasteiger partial charge in [-0.1, -0.05) is 19.1 Å². The Balaban J connectivity index is 1.65. The molecule has 1 unspecified atom stereocenters. The zero-order chi connectivity index (χ0) is 22.1. The Morgan fingerprint density at radius 1 is 1.23 bits per heavy atom. The lowest BCUT2D eigenvalue weighted by Gasteiger charge is -2.34. The van der Waals surface area contributed by atoms with Gasteiger partial charge in [-0.25, -0.2) is 9.37 Å². The van der Waals surface area contributed by atoms with E-state index in [1.807, 2.05) is 12.1 Å². The minimum absolute atomic E-state index is 0.0914. The summed E-state index contributed by atoms with van der Waals surface area (Å²) in [6.45, 7) is 11.6. The molecule has 2 heterocycles. The molecule has 1 atom stereocenters. The lowest BCUT2D eigenvalue weighted by Crippen LogP contribution is -2.42. The SMILES string of the molecule is CCNC(=NCC(c1ccc(F)cc1)N1CCOCC1)NCCc1nc(CC)c(C)s1. The van der Waals surface area contributed by atoms with Crippen LogP contribution >= 0.6 is 11.3 Å². The molecule has 0 radical (unpaired) electrons. The van der Waals surface area contributed by atoms with E-state index >= 15 is 0 Å². The van der Waals surface area contributed by atoms with Gasteiger partial charge in [-0.15, -0.1) is 11.3 Å². The summed E-state index contributed by atoms with van der Waals surface area (Å²) in [6.07, 6.45) is 1.85. The Hall–Kier alpha value is -2.03. The highest BCUT2D eigenvalue weighted by atomic mass is 32.1. The van der Waals surface area contributed by atoms with Crippen LogP contribution in [-0.2, 0) is 17.6 Å². The van der Waals surface area contributed by atoms with Crippen molar-refractivity contribution in [3.63, 3.8) is 0 Å². The van der Waals surface area contributed by atoms with Crippen LogP contribution in [0.1, 0.15) is 41.0 Å². The number of guanidine groups is 1. The molecule has 0 bridgehead atoms. The number of benzene rings is 1. The molecule has 0 amide bonds. The largest absolute Gasteiger partial charge is 0.379 e. The van der Waals surface area contributed by atoms with Crippen molar-refractivity contribution in [1.82, 2.24) is 20.5 Å². The number of aromatic nitrogens is 1. The summed E-state index contributed by atoms with van der Waals surface area (Å²) in [5.41, 5.74) is 2.28. The summed E-state index contributed by atoms with van der Waals surface area (Å²) in [4.78, 5) is 13.3. The number of hydrogen-bond acceptors (Lipinski definition) is 5. The third-order valence-electron chi connectivity index (χ3n) is 5.41. The lowest BCUT2D eigenvalue weighted by molar-refractivity contribution is 0.0179. The quantitative estimate of drug-likeness (QED) is 0.456. The Morgan fingerprint density at radius 3 is 2.61 bits per heavy atom. The monoisotopic (exact) mass is 447 g/mol. The van der Waals surface area contributed by atoms with Gasteiger partial charge in [0.1, 0.15) is 5.82 Å². The molecule has 2 N–H and O–H groups in total. The van der Waals surface area contributed by atoms with Crippen molar-refractivity contribution in [3.05, 3.63) is 51.2 Å². The fourth-order valence-corrected chi connectivity index (χ4v) is 4.76. The summed E-state index contributed by atoms with van der Waals surface area (Å²) >= 11 is 1.78. The second kappa shape index (κ2) is 12.1. The molecule has 6 nitrogen and oxygen atoms in total. The molecule has 0 spiro atoms. The van der Waals surface area contributed by atoms with Crippen molar-refractivity contribution in [2.24, 2.45) is 4.99 Å². The van der Waals surface area contributed by atoms with Crippen LogP contribution in [0.5, 0.6) is 0 Å². The summed E-state index contributed by atoms with van der Waals surface area (Å²) in [7, 11) is 0. The maximum Gasteiger partial charge on any atom is 0.191 e. The van der Waals surface area contributed by atoms with Crippen LogP contribution in [0.3, 0.4) is 0 Å². The summed E-state index contributed by atoms with van der Waals surface area (Å²) in [5, 5.41) is 7.93. The second-order valence-corrected chi connectivity index (χ2v) is 8.86. The molecule has 1 saturated heterocycles. The van der Waals surface area contributed by atoms with Crippen LogP contribution in [-0.4, -0.2) is 61.8 Å². The number of ether oxygens (including phenoxy) is 1. The van der Waals surface area contributed by atoms with Gasteiger partial charge in [0.15, 0.2) is 5.96 Å². The Labute approximate surface area is 188 Å². The van der Waals surface area contributed by atoms with E-state index in [1.165, 1.54) is 22.7 Å². The Morgan fingerprint density at radius 2 is 1.97 bits per heavy atom. The third-order valence-corrected chi connectivity index (χ3v) is 6.48. The van der Waals surface area contributed by atoms with E-state index in [0.29, 0.717) is 19.8 Å². The number of aliphatic imine (C=N–C) groups is 1. The summed E-state index contributed by atoms with van der Waals surface area (Å²) in [5.74, 6) is 0.582. The average molecular weight is 448 g/mol. The molecular weight excluding hydrogens is 413 g/mol. The van der Waals surface area contributed by atoms with Crippen molar-refractivity contribution in [2.75, 3.05) is 45.9 Å². The van der Waals surface area contributed by atoms with E-state index in [2.05, 4.69) is 36.3 Å². The molecule has 170 valence electrons. The minimum atomic E-state index is -0.216. The van der Waals surface area contributed by atoms with Gasteiger partial charge >= 0.3 is 0 Å². The van der Waals surface area contributed by atoms with Gasteiger partial charge in [0.25, 0.3) is 0 Å². The van der Waals surface area contributed by atoms with E-state index in [-0.39, 0.29) is 11.9 Å². The van der Waals surface area contributed by atoms with Gasteiger partial charge in [-0.05, 0) is 38.0 Å². The molecule has 1 fully saturated rings. The fourth-order valence-electron chi connectivity index (χ4n) is 3.74. The zero-order valence-corrected chi connectivity index (χ0v) is 19.6. The Kier molecular flexibility index (Phi) is 9.24. The molecule has 0 saturated carbocycles. The standard InChI is InChI=1S/C23H34FN5OS/c1-4-20-17(3)31-22(28-20)10-11-26-23(25-5-2)27-16-21(29-12-14-30-15-13-29)18-6-8-19(24)9-7-18/h6-9,21H,4-5,10-16H2,1-3H3,(H2,25,26,27). The van der Waals surface area contributed by atoms with Gasteiger partial charge in [-0.3, -0.25) is 9.89 Å². The minimum Gasteiger partial charge on any atom is -0.379 e. The summed E-state index contributed by atoms with van der Waals surface area (Å²) < 4.78 is 19.0. The van der Waals surface area contributed by atoms with E-state index in [4.69, 9.17) is 14.7 Å². The topological polar surface area (TPSA) is 61.8 Å². The van der Waals surface area contributed by atoms with Gasteiger partial charge in [-0.2, -0.15) is 0 Å². The van der Waals surface area contributed by atoms with Crippen molar-refractivity contribution in [3.8, 4) is 0 Å². The van der Waals surface area contributed by atoms with Crippen molar-refractivity contribution in [1.29, 1.82) is 0 Å². The number of nitrogens with zero attached hydrogens (tertiary/aromatic N) is 3. The molecule has 1 aromatic carbocycles. The number of rotatable bonds is 9. The van der Waals surface area contributed by atoms with Crippen LogP contribution in [0.15, 0.2) is 29.3 Å². The number of aryl methyl sites for hydroxylation is 2. The first-order chi connectivity index (χ1) is 15.1. The number of morpholine rings is 1. The summed E-state index contributed by atoms with van der Waals surface area (Å²) in [6, 6.07) is 6.87.